The summed E-state index contributed by atoms with van der Waals surface area (Å²) in [5, 5.41) is 6.00. The number of anilines is 2. The van der Waals surface area contributed by atoms with Crippen molar-refractivity contribution in [3.63, 3.8) is 0 Å². The third-order valence-electron chi connectivity index (χ3n) is 4.76. The van der Waals surface area contributed by atoms with Crippen molar-refractivity contribution in [2.24, 2.45) is 0 Å². The molecule has 8 heteroatoms. The Morgan fingerprint density at radius 1 is 1.27 bits per heavy atom. The molecule has 3 aromatic rings. The predicted octanol–water partition coefficient (Wildman–Crippen LogP) is 4.08. The number of hydrogen-bond acceptors (Lipinski definition) is 5. The number of aryl methyl sites for hydroxylation is 2. The Labute approximate surface area is 177 Å². The van der Waals surface area contributed by atoms with Crippen LogP contribution in [0.2, 0.25) is 0 Å². The van der Waals surface area contributed by atoms with Crippen LogP contribution in [-0.4, -0.2) is 23.4 Å². The Hall–Kier alpha value is -3.26. The van der Waals surface area contributed by atoms with Gasteiger partial charge in [0.05, 0.1) is 0 Å². The van der Waals surface area contributed by atoms with Crippen molar-refractivity contribution >= 4 is 34.0 Å². The molecule has 0 saturated carbocycles. The number of nitrogens with one attached hydrogen (secondary N) is 2. The molecule has 4 rings (SSSR count). The SMILES string of the molecule is Cc1ccc(Cc2cnc(NC(=O)COc3ccc4c(c3)CCC(=O)N4)s2)cc1F. The summed E-state index contributed by atoms with van der Waals surface area (Å²) in [5.41, 5.74) is 3.24. The summed E-state index contributed by atoms with van der Waals surface area (Å²) in [5.74, 6) is 0.0303. The summed E-state index contributed by atoms with van der Waals surface area (Å²) in [6.07, 6.45) is 3.32. The maximum Gasteiger partial charge on any atom is 0.264 e. The molecule has 0 radical (unpaired) electrons. The predicted molar refractivity (Wildman–Crippen MR) is 114 cm³/mol. The van der Waals surface area contributed by atoms with E-state index in [1.807, 2.05) is 12.1 Å². The van der Waals surface area contributed by atoms with Crippen LogP contribution in [0.15, 0.2) is 42.6 Å². The molecule has 154 valence electrons. The van der Waals surface area contributed by atoms with E-state index in [1.165, 1.54) is 17.4 Å². The number of benzene rings is 2. The number of aromatic nitrogens is 1. The van der Waals surface area contributed by atoms with Crippen LogP contribution in [0.4, 0.5) is 15.2 Å². The number of nitrogens with zero attached hydrogens (tertiary/aromatic N) is 1. The first-order valence-electron chi connectivity index (χ1n) is 9.51. The number of carbonyl (C=O) groups is 2. The molecule has 0 bridgehead atoms. The van der Waals surface area contributed by atoms with Gasteiger partial charge in [0.25, 0.3) is 5.91 Å². The zero-order chi connectivity index (χ0) is 21.1. The van der Waals surface area contributed by atoms with Gasteiger partial charge in [0.2, 0.25) is 5.91 Å². The quantitative estimate of drug-likeness (QED) is 0.624. The molecule has 30 heavy (non-hydrogen) atoms. The van der Waals surface area contributed by atoms with E-state index in [0.717, 1.165) is 21.7 Å². The molecule has 2 amide bonds. The number of halogens is 1. The van der Waals surface area contributed by atoms with Gasteiger partial charge in [-0.05, 0) is 54.3 Å². The van der Waals surface area contributed by atoms with Crippen LogP contribution in [0.25, 0.3) is 0 Å². The van der Waals surface area contributed by atoms with Crippen molar-refractivity contribution in [1.29, 1.82) is 0 Å². The third-order valence-corrected chi connectivity index (χ3v) is 5.67. The first-order valence-corrected chi connectivity index (χ1v) is 10.3. The summed E-state index contributed by atoms with van der Waals surface area (Å²) >= 11 is 1.35. The number of thiazole rings is 1. The van der Waals surface area contributed by atoms with Crippen molar-refractivity contribution in [2.75, 3.05) is 17.2 Å². The summed E-state index contributed by atoms with van der Waals surface area (Å²) in [6, 6.07) is 10.5. The number of amides is 2. The lowest BCUT2D eigenvalue weighted by atomic mass is 10.0. The van der Waals surface area contributed by atoms with E-state index >= 15 is 0 Å². The zero-order valence-corrected chi connectivity index (χ0v) is 17.1. The lowest BCUT2D eigenvalue weighted by Crippen LogP contribution is -2.21. The van der Waals surface area contributed by atoms with E-state index in [4.69, 9.17) is 4.74 Å². The van der Waals surface area contributed by atoms with Gasteiger partial charge in [-0.2, -0.15) is 0 Å². The van der Waals surface area contributed by atoms with Gasteiger partial charge < -0.3 is 10.1 Å². The summed E-state index contributed by atoms with van der Waals surface area (Å²) in [7, 11) is 0. The second kappa shape index (κ2) is 8.62. The minimum Gasteiger partial charge on any atom is -0.484 e. The minimum absolute atomic E-state index is 0.00544. The molecule has 6 nitrogen and oxygen atoms in total. The van der Waals surface area contributed by atoms with Crippen molar-refractivity contribution in [1.82, 2.24) is 4.98 Å². The highest BCUT2D eigenvalue weighted by Gasteiger charge is 2.15. The lowest BCUT2D eigenvalue weighted by molar-refractivity contribution is -0.118. The molecular weight excluding hydrogens is 405 g/mol. The minimum atomic E-state index is -0.316. The van der Waals surface area contributed by atoms with Gasteiger partial charge in [-0.1, -0.05) is 12.1 Å². The Bertz CT molecular complexity index is 1110. The van der Waals surface area contributed by atoms with Crippen molar-refractivity contribution in [3.8, 4) is 5.75 Å². The molecule has 1 aromatic heterocycles. The average Bonchev–Trinajstić information content (AvgIpc) is 3.15. The van der Waals surface area contributed by atoms with Crippen LogP contribution in [0, 0.1) is 12.7 Å². The lowest BCUT2D eigenvalue weighted by Gasteiger charge is -2.17. The molecule has 0 saturated heterocycles. The molecule has 2 N–H and O–H groups in total. The number of hydrogen-bond donors (Lipinski definition) is 2. The Kier molecular flexibility index (Phi) is 5.76. The molecule has 0 atom stereocenters. The molecule has 1 aliphatic rings. The average molecular weight is 425 g/mol. The van der Waals surface area contributed by atoms with Crippen LogP contribution in [-0.2, 0) is 22.4 Å². The number of rotatable bonds is 6. The van der Waals surface area contributed by atoms with Gasteiger partial charge in [-0.15, -0.1) is 11.3 Å². The van der Waals surface area contributed by atoms with E-state index in [-0.39, 0.29) is 24.2 Å². The number of fused-ring (bicyclic) bond motifs is 1. The molecule has 0 spiro atoms. The molecule has 1 aliphatic heterocycles. The smallest absolute Gasteiger partial charge is 0.264 e. The van der Waals surface area contributed by atoms with Crippen molar-refractivity contribution < 1.29 is 18.7 Å². The second-order valence-electron chi connectivity index (χ2n) is 7.10. The topological polar surface area (TPSA) is 80.3 Å². The van der Waals surface area contributed by atoms with Gasteiger partial charge in [0, 0.05) is 29.6 Å². The molecule has 0 aliphatic carbocycles. The third kappa shape index (κ3) is 4.83. The van der Waals surface area contributed by atoms with E-state index in [0.29, 0.717) is 35.7 Å². The van der Waals surface area contributed by atoms with Crippen molar-refractivity contribution in [2.45, 2.75) is 26.2 Å². The zero-order valence-electron chi connectivity index (χ0n) is 16.3. The Morgan fingerprint density at radius 3 is 2.97 bits per heavy atom. The normalized spacial score (nSPS) is 12.8. The van der Waals surface area contributed by atoms with Gasteiger partial charge in [-0.3, -0.25) is 14.9 Å². The van der Waals surface area contributed by atoms with E-state index in [2.05, 4.69) is 15.6 Å². The molecule has 2 heterocycles. The van der Waals surface area contributed by atoms with Crippen LogP contribution < -0.4 is 15.4 Å². The highest BCUT2D eigenvalue weighted by molar-refractivity contribution is 7.15. The fourth-order valence-corrected chi connectivity index (χ4v) is 4.01. The van der Waals surface area contributed by atoms with E-state index in [9.17, 15) is 14.0 Å². The Morgan fingerprint density at radius 2 is 2.13 bits per heavy atom. The van der Waals surface area contributed by atoms with Gasteiger partial charge in [0.15, 0.2) is 11.7 Å². The van der Waals surface area contributed by atoms with Crippen LogP contribution in [0.1, 0.15) is 28.0 Å². The standard InChI is InChI=1S/C22H20FN3O3S/c1-13-2-3-14(9-18(13)23)8-17-11-24-22(30-17)26-21(28)12-29-16-5-6-19-15(10-16)4-7-20(27)25-19/h2-3,5-6,9-11H,4,7-8,12H2,1H3,(H,25,27)(H,24,26,28). The van der Waals surface area contributed by atoms with E-state index in [1.54, 1.807) is 31.3 Å². The fourth-order valence-electron chi connectivity index (χ4n) is 3.15. The fraction of sp³-hybridized carbons (Fsp3) is 0.227. The maximum absolute atomic E-state index is 13.7. The molecule has 2 aromatic carbocycles. The Balaban J connectivity index is 1.30. The highest BCUT2D eigenvalue weighted by atomic mass is 32.1. The molecule has 0 unspecified atom stereocenters. The monoisotopic (exact) mass is 425 g/mol. The second-order valence-corrected chi connectivity index (χ2v) is 8.21. The maximum atomic E-state index is 13.7. The van der Waals surface area contributed by atoms with Gasteiger partial charge in [-0.25, -0.2) is 9.37 Å². The molecular formula is C22H20FN3O3S. The van der Waals surface area contributed by atoms with Crippen LogP contribution in [0.3, 0.4) is 0 Å². The summed E-state index contributed by atoms with van der Waals surface area (Å²) in [6.45, 7) is 1.58. The first-order chi connectivity index (χ1) is 14.5. The number of ether oxygens (including phenoxy) is 1. The highest BCUT2D eigenvalue weighted by Crippen LogP contribution is 2.27. The largest absolute Gasteiger partial charge is 0.484 e. The molecule has 0 fully saturated rings. The number of carbonyl (C=O) groups excluding carboxylic acids is 2. The summed E-state index contributed by atoms with van der Waals surface area (Å²) in [4.78, 5) is 28.7. The van der Waals surface area contributed by atoms with E-state index < -0.39 is 0 Å². The van der Waals surface area contributed by atoms with Gasteiger partial charge in [0.1, 0.15) is 11.6 Å². The van der Waals surface area contributed by atoms with Crippen LogP contribution in [0.5, 0.6) is 5.75 Å². The van der Waals surface area contributed by atoms with Crippen LogP contribution >= 0.6 is 11.3 Å². The van der Waals surface area contributed by atoms with Gasteiger partial charge >= 0.3 is 0 Å². The van der Waals surface area contributed by atoms with Crippen molar-refractivity contribution in [3.05, 3.63) is 70.0 Å². The first kappa shape index (κ1) is 20.0. The summed E-state index contributed by atoms with van der Waals surface area (Å²) < 4.78 is 19.3.